The highest BCUT2D eigenvalue weighted by molar-refractivity contribution is 5.80. The summed E-state index contributed by atoms with van der Waals surface area (Å²) in [4.78, 5) is 14.1. The molecule has 1 unspecified atom stereocenters. The lowest BCUT2D eigenvalue weighted by Crippen LogP contribution is -2.49. The Balaban J connectivity index is 1.38. The number of benzene rings is 1. The molecule has 0 bridgehead atoms. The van der Waals surface area contributed by atoms with Crippen LogP contribution in [-0.2, 0) is 6.18 Å². The van der Waals surface area contributed by atoms with Gasteiger partial charge in [-0.25, -0.2) is 9.97 Å². The van der Waals surface area contributed by atoms with E-state index >= 15 is 0 Å². The molecule has 3 rings (SSSR count). The standard InChI is InChI=1S/C22H30F3N7/c1-16(17-6-4-3-5-7-17)32-14-9-18(10-15-32)30-20(26-2)28-12-13-29-21-27-11-8-19(31-21)22(23,24)25/h3-8,11,16,18H,9-10,12-15H2,1-2H3,(H2,26,28,30)(H,27,29,31). The zero-order valence-corrected chi connectivity index (χ0v) is 18.4. The topological polar surface area (TPSA) is 77.5 Å². The zero-order valence-electron chi connectivity index (χ0n) is 18.4. The van der Waals surface area contributed by atoms with E-state index in [1.807, 2.05) is 6.07 Å². The van der Waals surface area contributed by atoms with Crippen molar-refractivity contribution in [2.45, 2.75) is 38.0 Å². The van der Waals surface area contributed by atoms with E-state index in [1.165, 1.54) is 5.56 Å². The molecular weight excluding hydrogens is 419 g/mol. The molecular formula is C22H30F3N7. The third-order valence-corrected chi connectivity index (χ3v) is 5.57. The minimum absolute atomic E-state index is 0.0514. The van der Waals surface area contributed by atoms with E-state index in [1.54, 1.807) is 7.05 Å². The smallest absolute Gasteiger partial charge is 0.355 e. The molecule has 0 saturated carbocycles. The fourth-order valence-corrected chi connectivity index (χ4v) is 3.72. The number of aromatic nitrogens is 2. The van der Waals surface area contributed by atoms with Crippen LogP contribution >= 0.6 is 0 Å². The second kappa shape index (κ2) is 11.1. The molecule has 1 aliphatic heterocycles. The van der Waals surface area contributed by atoms with Gasteiger partial charge in [-0.15, -0.1) is 0 Å². The molecule has 1 saturated heterocycles. The average molecular weight is 450 g/mol. The van der Waals surface area contributed by atoms with Crippen LogP contribution < -0.4 is 16.0 Å². The van der Waals surface area contributed by atoms with Crippen LogP contribution in [0.1, 0.15) is 37.1 Å². The van der Waals surface area contributed by atoms with Crippen LogP contribution in [0.15, 0.2) is 47.6 Å². The first kappa shape index (κ1) is 23.8. The van der Waals surface area contributed by atoms with Crippen molar-refractivity contribution in [2.24, 2.45) is 4.99 Å². The first-order valence-electron chi connectivity index (χ1n) is 10.8. The van der Waals surface area contributed by atoms with E-state index in [2.05, 4.69) is 67.0 Å². The van der Waals surface area contributed by atoms with Crippen molar-refractivity contribution in [2.75, 3.05) is 38.5 Å². The third kappa shape index (κ3) is 6.81. The molecule has 10 heteroatoms. The Labute approximate surface area is 186 Å². The largest absolute Gasteiger partial charge is 0.433 e. The molecule has 1 aromatic carbocycles. The minimum Gasteiger partial charge on any atom is -0.355 e. The quantitative estimate of drug-likeness (QED) is 0.342. The van der Waals surface area contributed by atoms with Crippen molar-refractivity contribution >= 4 is 11.9 Å². The molecule has 0 spiro atoms. The number of aliphatic imine (C=N–C) groups is 1. The highest BCUT2D eigenvalue weighted by atomic mass is 19.4. The Bertz CT molecular complexity index is 865. The van der Waals surface area contributed by atoms with Gasteiger partial charge in [0.25, 0.3) is 0 Å². The van der Waals surface area contributed by atoms with Crippen molar-refractivity contribution in [1.82, 2.24) is 25.5 Å². The van der Waals surface area contributed by atoms with Crippen molar-refractivity contribution in [3.05, 3.63) is 53.9 Å². The molecule has 3 N–H and O–H groups in total. The Morgan fingerprint density at radius 2 is 1.88 bits per heavy atom. The molecule has 32 heavy (non-hydrogen) atoms. The number of likely N-dealkylation sites (tertiary alicyclic amines) is 1. The maximum atomic E-state index is 12.7. The summed E-state index contributed by atoms with van der Waals surface area (Å²) in [5, 5.41) is 9.41. The molecule has 0 radical (unpaired) electrons. The number of nitrogens with zero attached hydrogens (tertiary/aromatic N) is 4. The number of alkyl halides is 3. The van der Waals surface area contributed by atoms with Gasteiger partial charge >= 0.3 is 6.18 Å². The van der Waals surface area contributed by atoms with Crippen LogP contribution in [0.2, 0.25) is 0 Å². The van der Waals surface area contributed by atoms with Crippen molar-refractivity contribution in [1.29, 1.82) is 0 Å². The van der Waals surface area contributed by atoms with Crippen LogP contribution in [0, 0.1) is 0 Å². The maximum absolute atomic E-state index is 12.7. The SMILES string of the molecule is CN=C(NCCNc1nccc(C(F)(F)F)n1)NC1CCN(C(C)c2ccccc2)CC1. The maximum Gasteiger partial charge on any atom is 0.433 e. The molecule has 2 aromatic rings. The molecule has 7 nitrogen and oxygen atoms in total. The lowest BCUT2D eigenvalue weighted by atomic mass is 10.0. The fourth-order valence-electron chi connectivity index (χ4n) is 3.72. The summed E-state index contributed by atoms with van der Waals surface area (Å²) < 4.78 is 38.2. The van der Waals surface area contributed by atoms with E-state index in [9.17, 15) is 13.2 Å². The second-order valence-corrected chi connectivity index (χ2v) is 7.73. The summed E-state index contributed by atoms with van der Waals surface area (Å²) in [5.74, 6) is 0.621. The first-order valence-corrected chi connectivity index (χ1v) is 10.8. The Morgan fingerprint density at radius 3 is 2.53 bits per heavy atom. The summed E-state index contributed by atoms with van der Waals surface area (Å²) in [6.07, 6.45) is -1.38. The summed E-state index contributed by atoms with van der Waals surface area (Å²) in [7, 11) is 1.70. The van der Waals surface area contributed by atoms with Crippen LogP contribution in [-0.4, -0.2) is 60.1 Å². The van der Waals surface area contributed by atoms with Crippen LogP contribution in [0.5, 0.6) is 0 Å². The predicted molar refractivity (Wildman–Crippen MR) is 119 cm³/mol. The Hall–Kier alpha value is -2.88. The van der Waals surface area contributed by atoms with E-state index in [0.29, 0.717) is 31.1 Å². The molecule has 1 aromatic heterocycles. The molecule has 0 amide bonds. The summed E-state index contributed by atoms with van der Waals surface area (Å²) in [6.45, 7) is 5.06. The van der Waals surface area contributed by atoms with E-state index in [-0.39, 0.29) is 5.95 Å². The predicted octanol–water partition coefficient (Wildman–Crippen LogP) is 3.30. The number of piperidine rings is 1. The number of rotatable bonds is 7. The van der Waals surface area contributed by atoms with E-state index in [4.69, 9.17) is 0 Å². The van der Waals surface area contributed by atoms with Crippen LogP contribution in [0.4, 0.5) is 19.1 Å². The number of hydrogen-bond acceptors (Lipinski definition) is 5. The van der Waals surface area contributed by atoms with Gasteiger partial charge in [0.05, 0.1) is 0 Å². The lowest BCUT2D eigenvalue weighted by Gasteiger charge is -2.37. The first-order chi connectivity index (χ1) is 15.4. The number of guanidine groups is 1. The summed E-state index contributed by atoms with van der Waals surface area (Å²) >= 11 is 0. The average Bonchev–Trinajstić information content (AvgIpc) is 2.81. The number of nitrogens with one attached hydrogen (secondary N) is 3. The monoisotopic (exact) mass is 449 g/mol. The number of anilines is 1. The zero-order chi connectivity index (χ0) is 23.0. The minimum atomic E-state index is -4.49. The normalized spacial score (nSPS) is 17.1. The van der Waals surface area contributed by atoms with Gasteiger partial charge in [-0.2, -0.15) is 13.2 Å². The van der Waals surface area contributed by atoms with Crippen molar-refractivity contribution in [3.8, 4) is 0 Å². The highest BCUT2D eigenvalue weighted by Gasteiger charge is 2.32. The van der Waals surface area contributed by atoms with Gasteiger partial charge in [-0.1, -0.05) is 30.3 Å². The number of hydrogen-bond donors (Lipinski definition) is 3. The molecule has 174 valence electrons. The van der Waals surface area contributed by atoms with Gasteiger partial charge in [0.2, 0.25) is 5.95 Å². The Morgan fingerprint density at radius 1 is 1.16 bits per heavy atom. The van der Waals surface area contributed by atoms with Gasteiger partial charge in [-0.3, -0.25) is 9.89 Å². The van der Waals surface area contributed by atoms with Gasteiger partial charge in [0, 0.05) is 51.5 Å². The van der Waals surface area contributed by atoms with Crippen molar-refractivity contribution < 1.29 is 13.2 Å². The highest BCUT2D eigenvalue weighted by Crippen LogP contribution is 2.27. The second-order valence-electron chi connectivity index (χ2n) is 7.73. The van der Waals surface area contributed by atoms with Gasteiger partial charge < -0.3 is 16.0 Å². The van der Waals surface area contributed by atoms with Gasteiger partial charge in [0.1, 0.15) is 5.69 Å². The van der Waals surface area contributed by atoms with Gasteiger partial charge in [0.15, 0.2) is 5.96 Å². The lowest BCUT2D eigenvalue weighted by molar-refractivity contribution is -0.141. The molecule has 2 heterocycles. The number of halogens is 3. The van der Waals surface area contributed by atoms with Crippen molar-refractivity contribution in [3.63, 3.8) is 0 Å². The fraction of sp³-hybridized carbons (Fsp3) is 0.500. The molecule has 1 atom stereocenters. The van der Waals surface area contributed by atoms with E-state index < -0.39 is 11.9 Å². The molecule has 0 aliphatic carbocycles. The molecule has 1 aliphatic rings. The molecule has 1 fully saturated rings. The van der Waals surface area contributed by atoms with E-state index in [0.717, 1.165) is 38.2 Å². The third-order valence-electron chi connectivity index (χ3n) is 5.57. The van der Waals surface area contributed by atoms with Gasteiger partial charge in [-0.05, 0) is 31.4 Å². The summed E-state index contributed by atoms with van der Waals surface area (Å²) in [5.41, 5.74) is 0.363. The summed E-state index contributed by atoms with van der Waals surface area (Å²) in [6, 6.07) is 12.1. The van der Waals surface area contributed by atoms with Crippen LogP contribution in [0.3, 0.4) is 0 Å². The Kier molecular flexibility index (Phi) is 8.26. The van der Waals surface area contributed by atoms with Crippen LogP contribution in [0.25, 0.3) is 0 Å².